The Morgan fingerprint density at radius 1 is 1.64 bits per heavy atom. The second-order valence-corrected chi connectivity index (χ2v) is 4.47. The molecule has 0 amide bonds. The summed E-state index contributed by atoms with van der Waals surface area (Å²) in [5.74, 6) is 0. The quantitative estimate of drug-likeness (QED) is 0.594. The topological polar surface area (TPSA) is 67.2 Å². The van der Waals surface area contributed by atoms with Crippen molar-refractivity contribution in [1.82, 2.24) is 0 Å². The molecule has 0 aliphatic carbocycles. The van der Waals surface area contributed by atoms with Gasteiger partial charge in [-0.25, -0.2) is 0 Å². The summed E-state index contributed by atoms with van der Waals surface area (Å²) in [5, 5.41) is 6.61. The van der Waals surface area contributed by atoms with Gasteiger partial charge >= 0.3 is 0 Å². The Morgan fingerprint density at radius 3 is 2.36 bits per heavy atom. The summed E-state index contributed by atoms with van der Waals surface area (Å²) in [6.07, 6.45) is 0.0255. The van der Waals surface area contributed by atoms with Crippen LogP contribution >= 0.6 is 0 Å². The van der Waals surface area contributed by atoms with E-state index >= 15 is 0 Å². The molecule has 1 aliphatic heterocycles. The van der Waals surface area contributed by atoms with Crippen molar-refractivity contribution >= 4 is 15.8 Å². The normalized spacial score (nSPS) is 36.0. The smallest absolute Gasteiger partial charge is 0.276 e. The van der Waals surface area contributed by atoms with Crippen molar-refractivity contribution in [3.05, 3.63) is 0 Å². The highest BCUT2D eigenvalue weighted by molar-refractivity contribution is 7.88. The van der Waals surface area contributed by atoms with Gasteiger partial charge in [-0.05, 0) is 13.3 Å². The molecule has 1 aliphatic rings. The summed E-state index contributed by atoms with van der Waals surface area (Å²) in [5.41, 5.74) is 0.174. The van der Waals surface area contributed by atoms with E-state index in [9.17, 15) is 8.42 Å². The van der Waals surface area contributed by atoms with Crippen LogP contribution in [0.2, 0.25) is 0 Å². The van der Waals surface area contributed by atoms with Crippen molar-refractivity contribution in [2.45, 2.75) is 31.6 Å². The van der Waals surface area contributed by atoms with Crippen LogP contribution in [0.1, 0.15) is 20.3 Å². The lowest BCUT2D eigenvalue weighted by atomic mass is 10.1. The average molecular weight is 177 g/mol. The van der Waals surface area contributed by atoms with E-state index in [-0.39, 0.29) is 5.71 Å². The molecule has 0 bridgehead atoms. The van der Waals surface area contributed by atoms with E-state index in [0.717, 1.165) is 0 Å². The average Bonchev–Trinajstić information content (AvgIpc) is 2.13. The summed E-state index contributed by atoms with van der Waals surface area (Å²) in [6, 6.07) is 0. The number of hydrogen-bond acceptors (Lipinski definition) is 4. The maximum absolute atomic E-state index is 11.0. The lowest BCUT2D eigenvalue weighted by Gasteiger charge is -2.01. The molecule has 2 unspecified atom stereocenters. The molecular weight excluding hydrogens is 166 g/mol. The van der Waals surface area contributed by atoms with Crippen LogP contribution in [0.15, 0.2) is 0 Å². The predicted octanol–water partition coefficient (Wildman–Crippen LogP) is 0.533. The maximum Gasteiger partial charge on any atom is 0.276 e. The highest BCUT2D eigenvalue weighted by Crippen LogP contribution is 2.22. The fourth-order valence-corrected chi connectivity index (χ4v) is 2.20. The molecule has 1 saturated heterocycles. The SMILES string of the molecule is CCC1OS(=O)(=O)C(C)C1=N. The van der Waals surface area contributed by atoms with E-state index in [1.165, 1.54) is 6.92 Å². The molecule has 1 heterocycles. The van der Waals surface area contributed by atoms with Gasteiger partial charge in [0, 0.05) is 0 Å². The Balaban J connectivity index is 2.95. The fraction of sp³-hybridized carbons (Fsp3) is 0.833. The molecule has 0 aromatic rings. The molecule has 1 N–H and O–H groups in total. The van der Waals surface area contributed by atoms with E-state index in [0.29, 0.717) is 6.42 Å². The molecule has 4 nitrogen and oxygen atoms in total. The van der Waals surface area contributed by atoms with Crippen LogP contribution in [0.4, 0.5) is 0 Å². The van der Waals surface area contributed by atoms with Gasteiger partial charge in [-0.15, -0.1) is 0 Å². The number of nitrogens with one attached hydrogen (secondary N) is 1. The molecular formula is C6H11NO3S. The first kappa shape index (κ1) is 8.67. The van der Waals surface area contributed by atoms with E-state index in [4.69, 9.17) is 5.41 Å². The summed E-state index contributed by atoms with van der Waals surface area (Å²) in [7, 11) is -3.46. The molecule has 1 fully saturated rings. The van der Waals surface area contributed by atoms with E-state index in [1.54, 1.807) is 6.92 Å². The number of rotatable bonds is 1. The minimum absolute atomic E-state index is 0.174. The molecule has 0 aromatic carbocycles. The van der Waals surface area contributed by atoms with Crippen LogP contribution in [0.25, 0.3) is 0 Å². The third kappa shape index (κ3) is 1.30. The first-order chi connectivity index (χ1) is 4.99. The first-order valence-corrected chi connectivity index (χ1v) is 4.96. The van der Waals surface area contributed by atoms with Crippen LogP contribution in [-0.4, -0.2) is 25.5 Å². The van der Waals surface area contributed by atoms with Gasteiger partial charge in [-0.2, -0.15) is 8.42 Å². The minimum atomic E-state index is -3.46. The minimum Gasteiger partial charge on any atom is -0.305 e. The predicted molar refractivity (Wildman–Crippen MR) is 41.3 cm³/mol. The van der Waals surface area contributed by atoms with Crippen molar-refractivity contribution in [2.24, 2.45) is 0 Å². The molecule has 0 spiro atoms. The van der Waals surface area contributed by atoms with Gasteiger partial charge in [0.25, 0.3) is 10.1 Å². The van der Waals surface area contributed by atoms with Crippen LogP contribution in [-0.2, 0) is 14.3 Å². The summed E-state index contributed by atoms with van der Waals surface area (Å²) in [6.45, 7) is 3.28. The zero-order valence-electron chi connectivity index (χ0n) is 6.49. The van der Waals surface area contributed by atoms with Crippen molar-refractivity contribution in [3.8, 4) is 0 Å². The Bertz CT molecular complexity index is 270. The molecule has 1 rings (SSSR count). The van der Waals surface area contributed by atoms with Crippen LogP contribution in [0, 0.1) is 5.41 Å². The van der Waals surface area contributed by atoms with Gasteiger partial charge in [0.15, 0.2) is 0 Å². The van der Waals surface area contributed by atoms with E-state index < -0.39 is 21.5 Å². The van der Waals surface area contributed by atoms with Gasteiger partial charge in [0.05, 0.1) is 5.71 Å². The van der Waals surface area contributed by atoms with Gasteiger partial charge in [0.2, 0.25) is 0 Å². The molecule has 5 heteroatoms. The Kier molecular flexibility index (Phi) is 2.02. The van der Waals surface area contributed by atoms with Crippen molar-refractivity contribution in [1.29, 1.82) is 5.41 Å². The molecule has 2 atom stereocenters. The third-order valence-electron chi connectivity index (χ3n) is 1.84. The van der Waals surface area contributed by atoms with Crippen LogP contribution in [0.3, 0.4) is 0 Å². The second-order valence-electron chi connectivity index (χ2n) is 2.58. The monoisotopic (exact) mass is 177 g/mol. The second kappa shape index (κ2) is 2.57. The zero-order valence-corrected chi connectivity index (χ0v) is 7.31. The largest absolute Gasteiger partial charge is 0.305 e. The Labute approximate surface area is 66.2 Å². The van der Waals surface area contributed by atoms with Gasteiger partial charge in [-0.1, -0.05) is 6.92 Å². The van der Waals surface area contributed by atoms with Gasteiger partial charge < -0.3 is 5.41 Å². The number of hydrogen-bond donors (Lipinski definition) is 1. The summed E-state index contributed by atoms with van der Waals surface area (Å²) >= 11 is 0. The molecule has 0 saturated carbocycles. The molecule has 0 aromatic heterocycles. The fourth-order valence-electron chi connectivity index (χ4n) is 1.00. The van der Waals surface area contributed by atoms with Crippen molar-refractivity contribution in [3.63, 3.8) is 0 Å². The van der Waals surface area contributed by atoms with E-state index in [1.807, 2.05) is 0 Å². The Morgan fingerprint density at radius 2 is 2.18 bits per heavy atom. The molecule has 64 valence electrons. The maximum atomic E-state index is 11.0. The third-order valence-corrected chi connectivity index (χ3v) is 3.46. The van der Waals surface area contributed by atoms with Gasteiger partial charge in [0.1, 0.15) is 11.4 Å². The highest BCUT2D eigenvalue weighted by Gasteiger charge is 2.40. The lowest BCUT2D eigenvalue weighted by Crippen LogP contribution is -2.20. The van der Waals surface area contributed by atoms with Crippen LogP contribution in [0.5, 0.6) is 0 Å². The summed E-state index contributed by atoms with van der Waals surface area (Å²) < 4.78 is 26.6. The highest BCUT2D eigenvalue weighted by atomic mass is 32.2. The first-order valence-electron chi connectivity index (χ1n) is 3.49. The zero-order chi connectivity index (χ0) is 8.65. The molecule has 11 heavy (non-hydrogen) atoms. The molecule has 0 radical (unpaired) electrons. The van der Waals surface area contributed by atoms with E-state index in [2.05, 4.69) is 4.18 Å². The van der Waals surface area contributed by atoms with Gasteiger partial charge in [-0.3, -0.25) is 4.18 Å². The standard InChI is InChI=1S/C6H11NO3S/c1-3-5-6(7)4(2)11(8,9)10-5/h4-5,7H,3H2,1-2H3. The Hall–Kier alpha value is -0.420. The van der Waals surface area contributed by atoms with Crippen molar-refractivity contribution < 1.29 is 12.6 Å². The van der Waals surface area contributed by atoms with Crippen molar-refractivity contribution in [2.75, 3.05) is 0 Å². The van der Waals surface area contributed by atoms with Crippen LogP contribution < -0.4 is 0 Å². The lowest BCUT2D eigenvalue weighted by molar-refractivity contribution is 0.283. The summed E-state index contributed by atoms with van der Waals surface area (Å²) in [4.78, 5) is 0.